The van der Waals surface area contributed by atoms with E-state index in [0.29, 0.717) is 6.61 Å². The van der Waals surface area contributed by atoms with Crippen LogP contribution in [0.2, 0.25) is 0 Å². The number of ether oxygens (including phenoxy) is 2. The first kappa shape index (κ1) is 20.2. The van der Waals surface area contributed by atoms with Crippen molar-refractivity contribution in [1.82, 2.24) is 0 Å². The zero-order valence-corrected chi connectivity index (χ0v) is 16.6. The van der Waals surface area contributed by atoms with Crippen LogP contribution in [0.3, 0.4) is 0 Å². The fourth-order valence-corrected chi connectivity index (χ4v) is 3.69. The van der Waals surface area contributed by atoms with Gasteiger partial charge < -0.3 is 9.47 Å². The van der Waals surface area contributed by atoms with E-state index >= 15 is 0 Å². The second kappa shape index (κ2) is 10.7. The fraction of sp³-hybridized carbons (Fsp3) is 0.400. The number of fused-ring (bicyclic) bond motifs is 2. The normalized spacial score (nSPS) is 12.6. The van der Waals surface area contributed by atoms with E-state index in [4.69, 9.17) is 9.47 Å². The average Bonchev–Trinajstić information content (AvgIpc) is 2.73. The van der Waals surface area contributed by atoms with Crippen LogP contribution >= 0.6 is 0 Å². The summed E-state index contributed by atoms with van der Waals surface area (Å²) in [5, 5.41) is 0. The minimum atomic E-state index is -0.411. The summed E-state index contributed by atoms with van der Waals surface area (Å²) >= 11 is 0. The predicted octanol–water partition coefficient (Wildman–Crippen LogP) is 6.77. The molecule has 1 aliphatic heterocycles. The number of allylic oxidation sites excluding steroid dienone is 1. The second-order valence-electron chi connectivity index (χ2n) is 7.33. The summed E-state index contributed by atoms with van der Waals surface area (Å²) in [6.45, 7) is 4.24. The van der Waals surface area contributed by atoms with Crippen LogP contribution in [0.5, 0.6) is 11.5 Å². The lowest BCUT2D eigenvalue weighted by molar-refractivity contribution is -0.144. The first-order chi connectivity index (χ1) is 13.8. The number of benzene rings is 2. The van der Waals surface area contributed by atoms with Crippen LogP contribution in [0.1, 0.15) is 68.4 Å². The maximum atomic E-state index is 12.9. The lowest BCUT2D eigenvalue weighted by Gasteiger charge is -2.26. The molecule has 1 aliphatic rings. The van der Waals surface area contributed by atoms with E-state index in [0.717, 1.165) is 41.9 Å². The molecular formula is C25H30O3. The molecule has 0 spiro atoms. The molecule has 0 bridgehead atoms. The van der Waals surface area contributed by atoms with E-state index in [1.54, 1.807) is 0 Å². The molecule has 1 heterocycles. The number of hydrogen-bond donors (Lipinski definition) is 0. The highest BCUT2D eigenvalue weighted by atomic mass is 16.5. The van der Waals surface area contributed by atoms with E-state index in [1.807, 2.05) is 54.6 Å². The highest BCUT2D eigenvalue weighted by Crippen LogP contribution is 2.44. The molecule has 0 atom stereocenters. The molecule has 0 saturated heterocycles. The standard InChI is InChI=1S/C25H30O3/c1-2-3-4-5-6-7-8-9-14-19-27-25(26)24-20-15-10-12-17-22(20)28-23-18-13-11-16-21(23)24/h2,10-13,15-18,24H,1,3-9,14,19H2. The fourth-order valence-electron chi connectivity index (χ4n) is 3.69. The van der Waals surface area contributed by atoms with Gasteiger partial charge in [0.1, 0.15) is 17.4 Å². The van der Waals surface area contributed by atoms with Crippen molar-refractivity contribution < 1.29 is 14.3 Å². The highest BCUT2D eigenvalue weighted by Gasteiger charge is 2.33. The van der Waals surface area contributed by atoms with Crippen LogP contribution in [0.15, 0.2) is 61.2 Å². The van der Waals surface area contributed by atoms with Gasteiger partial charge in [0, 0.05) is 11.1 Å². The Morgan fingerprint density at radius 3 is 2.00 bits per heavy atom. The molecule has 0 aliphatic carbocycles. The van der Waals surface area contributed by atoms with Crippen molar-refractivity contribution in [2.45, 2.75) is 57.3 Å². The van der Waals surface area contributed by atoms with Gasteiger partial charge in [-0.1, -0.05) is 74.6 Å². The summed E-state index contributed by atoms with van der Waals surface area (Å²) in [6.07, 6.45) is 11.4. The molecule has 0 fully saturated rings. The number of hydrogen-bond acceptors (Lipinski definition) is 3. The third-order valence-electron chi connectivity index (χ3n) is 5.21. The molecule has 3 rings (SSSR count). The minimum Gasteiger partial charge on any atom is -0.465 e. The Morgan fingerprint density at radius 2 is 1.39 bits per heavy atom. The predicted molar refractivity (Wildman–Crippen MR) is 113 cm³/mol. The maximum absolute atomic E-state index is 12.9. The number of esters is 1. The van der Waals surface area contributed by atoms with Crippen LogP contribution in [-0.4, -0.2) is 12.6 Å². The molecule has 2 aromatic rings. The molecule has 28 heavy (non-hydrogen) atoms. The van der Waals surface area contributed by atoms with E-state index in [9.17, 15) is 4.79 Å². The van der Waals surface area contributed by atoms with E-state index in [1.165, 1.54) is 32.1 Å². The summed E-state index contributed by atoms with van der Waals surface area (Å²) in [7, 11) is 0. The zero-order valence-electron chi connectivity index (χ0n) is 16.6. The van der Waals surface area contributed by atoms with Gasteiger partial charge in [0.15, 0.2) is 0 Å². The van der Waals surface area contributed by atoms with Crippen LogP contribution in [0.4, 0.5) is 0 Å². The van der Waals surface area contributed by atoms with Crippen molar-refractivity contribution >= 4 is 5.97 Å². The van der Waals surface area contributed by atoms with E-state index in [-0.39, 0.29) is 5.97 Å². The third kappa shape index (κ3) is 5.25. The van der Waals surface area contributed by atoms with Gasteiger partial charge in [0.2, 0.25) is 0 Å². The topological polar surface area (TPSA) is 35.5 Å². The lowest BCUT2D eigenvalue weighted by atomic mass is 9.88. The lowest BCUT2D eigenvalue weighted by Crippen LogP contribution is -2.21. The van der Waals surface area contributed by atoms with Gasteiger partial charge in [-0.3, -0.25) is 4.79 Å². The van der Waals surface area contributed by atoms with Crippen LogP contribution in [0.25, 0.3) is 0 Å². The summed E-state index contributed by atoms with van der Waals surface area (Å²) in [6, 6.07) is 15.4. The molecule has 0 saturated carbocycles. The summed E-state index contributed by atoms with van der Waals surface area (Å²) < 4.78 is 11.6. The Labute approximate surface area is 168 Å². The Bertz CT molecular complexity index is 735. The number of rotatable bonds is 11. The smallest absolute Gasteiger partial charge is 0.318 e. The molecule has 0 unspecified atom stereocenters. The largest absolute Gasteiger partial charge is 0.465 e. The third-order valence-corrected chi connectivity index (χ3v) is 5.21. The van der Waals surface area contributed by atoms with Crippen molar-refractivity contribution in [3.8, 4) is 11.5 Å². The molecular weight excluding hydrogens is 348 g/mol. The number of para-hydroxylation sites is 2. The van der Waals surface area contributed by atoms with Crippen LogP contribution in [0, 0.1) is 0 Å². The van der Waals surface area contributed by atoms with Crippen LogP contribution < -0.4 is 4.74 Å². The highest BCUT2D eigenvalue weighted by molar-refractivity contribution is 5.85. The molecule has 2 aromatic carbocycles. The van der Waals surface area contributed by atoms with Crippen molar-refractivity contribution in [2.24, 2.45) is 0 Å². The Kier molecular flexibility index (Phi) is 7.71. The van der Waals surface area contributed by atoms with Gasteiger partial charge in [0.25, 0.3) is 0 Å². The second-order valence-corrected chi connectivity index (χ2v) is 7.33. The van der Waals surface area contributed by atoms with E-state index in [2.05, 4.69) is 6.58 Å². The van der Waals surface area contributed by atoms with Crippen LogP contribution in [-0.2, 0) is 9.53 Å². The summed E-state index contributed by atoms with van der Waals surface area (Å²) in [5.41, 5.74) is 1.76. The first-order valence-electron chi connectivity index (χ1n) is 10.4. The summed E-state index contributed by atoms with van der Waals surface area (Å²) in [5.74, 6) is 0.873. The molecule has 148 valence electrons. The number of carbonyl (C=O) groups is 1. The minimum absolute atomic E-state index is 0.187. The first-order valence-corrected chi connectivity index (χ1v) is 10.4. The van der Waals surface area contributed by atoms with Gasteiger partial charge in [-0.2, -0.15) is 0 Å². The maximum Gasteiger partial charge on any atom is 0.318 e. The Balaban J connectivity index is 1.47. The van der Waals surface area contributed by atoms with Gasteiger partial charge in [-0.25, -0.2) is 0 Å². The molecule has 0 amide bonds. The number of unbranched alkanes of at least 4 members (excludes halogenated alkanes) is 7. The Hall–Kier alpha value is -2.55. The summed E-state index contributed by atoms with van der Waals surface area (Å²) in [4.78, 5) is 12.9. The van der Waals surface area contributed by atoms with Crippen molar-refractivity contribution in [2.75, 3.05) is 6.61 Å². The van der Waals surface area contributed by atoms with Gasteiger partial charge in [0.05, 0.1) is 6.61 Å². The average molecular weight is 379 g/mol. The number of carbonyl (C=O) groups excluding carboxylic acids is 1. The zero-order chi connectivity index (χ0) is 19.6. The SMILES string of the molecule is C=CCCCCCCCCCOC(=O)C1c2ccccc2Oc2ccccc21. The van der Waals surface area contributed by atoms with Gasteiger partial charge in [-0.15, -0.1) is 6.58 Å². The molecule has 0 N–H and O–H groups in total. The van der Waals surface area contributed by atoms with Crippen molar-refractivity contribution in [1.29, 1.82) is 0 Å². The van der Waals surface area contributed by atoms with Gasteiger partial charge in [-0.05, 0) is 31.4 Å². The van der Waals surface area contributed by atoms with Crippen molar-refractivity contribution in [3.63, 3.8) is 0 Å². The quantitative estimate of drug-likeness (QED) is 0.246. The van der Waals surface area contributed by atoms with Crippen molar-refractivity contribution in [3.05, 3.63) is 72.3 Å². The monoisotopic (exact) mass is 378 g/mol. The molecule has 0 radical (unpaired) electrons. The molecule has 3 heteroatoms. The van der Waals surface area contributed by atoms with Gasteiger partial charge >= 0.3 is 5.97 Å². The van der Waals surface area contributed by atoms with E-state index < -0.39 is 5.92 Å². The molecule has 3 nitrogen and oxygen atoms in total. The molecule has 0 aromatic heterocycles. The Morgan fingerprint density at radius 1 is 0.857 bits per heavy atom.